The first kappa shape index (κ1) is 14.0. The molecule has 0 aromatic carbocycles. The van der Waals surface area contributed by atoms with Crippen LogP contribution < -0.4 is 5.73 Å². The number of carbonyl (C=O) groups is 1. The molecule has 1 amide bonds. The summed E-state index contributed by atoms with van der Waals surface area (Å²) < 4.78 is 0. The maximum absolute atomic E-state index is 12.3. The van der Waals surface area contributed by atoms with Gasteiger partial charge < -0.3 is 10.6 Å². The third-order valence-corrected chi connectivity index (χ3v) is 3.46. The molecule has 0 radical (unpaired) electrons. The third kappa shape index (κ3) is 4.63. The number of unbranched alkanes of at least 4 members (excludes halogenated alkanes) is 2. The molecule has 4 heteroatoms. The van der Waals surface area contributed by atoms with Crippen molar-refractivity contribution >= 4 is 5.91 Å². The standard InChI is InChI=1S/C15H23N3O/c16-10-4-1-2-7-15(19)18(14-8-9-14)12-13-6-3-5-11-17-13/h3,5-6,11,14H,1-2,4,7-10,12,16H2. The molecule has 4 nitrogen and oxygen atoms in total. The van der Waals surface area contributed by atoms with Crippen LogP contribution in [0.5, 0.6) is 0 Å². The Balaban J connectivity index is 1.83. The lowest BCUT2D eigenvalue weighted by Gasteiger charge is -2.22. The number of aromatic nitrogens is 1. The molecule has 1 aromatic heterocycles. The lowest BCUT2D eigenvalue weighted by molar-refractivity contribution is -0.132. The van der Waals surface area contributed by atoms with Crippen LogP contribution in [0.3, 0.4) is 0 Å². The Bertz CT molecular complexity index is 390. The van der Waals surface area contributed by atoms with Gasteiger partial charge in [0.05, 0.1) is 12.2 Å². The highest BCUT2D eigenvalue weighted by Gasteiger charge is 2.32. The molecular weight excluding hydrogens is 238 g/mol. The second kappa shape index (κ2) is 7.24. The van der Waals surface area contributed by atoms with E-state index in [0.29, 0.717) is 25.6 Å². The van der Waals surface area contributed by atoms with Crippen LogP contribution in [-0.4, -0.2) is 28.4 Å². The summed E-state index contributed by atoms with van der Waals surface area (Å²) in [5.74, 6) is 0.269. The maximum Gasteiger partial charge on any atom is 0.223 e. The van der Waals surface area contributed by atoms with Gasteiger partial charge in [-0.1, -0.05) is 12.5 Å². The quantitative estimate of drug-likeness (QED) is 0.729. The van der Waals surface area contributed by atoms with E-state index in [1.165, 1.54) is 0 Å². The van der Waals surface area contributed by atoms with Gasteiger partial charge in [-0.2, -0.15) is 0 Å². The Morgan fingerprint density at radius 1 is 1.32 bits per heavy atom. The third-order valence-electron chi connectivity index (χ3n) is 3.46. The van der Waals surface area contributed by atoms with E-state index >= 15 is 0 Å². The van der Waals surface area contributed by atoms with Gasteiger partial charge in [-0.15, -0.1) is 0 Å². The number of carbonyl (C=O) groups excluding carboxylic acids is 1. The van der Waals surface area contributed by atoms with Crippen molar-refractivity contribution in [2.75, 3.05) is 6.54 Å². The fourth-order valence-electron chi connectivity index (χ4n) is 2.21. The number of rotatable bonds is 8. The molecule has 1 fully saturated rings. The van der Waals surface area contributed by atoms with Crippen molar-refractivity contribution in [1.82, 2.24) is 9.88 Å². The van der Waals surface area contributed by atoms with Gasteiger partial charge in [0.1, 0.15) is 0 Å². The molecule has 0 aliphatic heterocycles. The molecule has 0 unspecified atom stereocenters. The molecule has 2 rings (SSSR count). The molecule has 19 heavy (non-hydrogen) atoms. The van der Waals surface area contributed by atoms with Crippen LogP contribution in [0, 0.1) is 0 Å². The van der Waals surface area contributed by atoms with Crippen molar-refractivity contribution < 1.29 is 4.79 Å². The van der Waals surface area contributed by atoms with E-state index in [1.54, 1.807) is 6.20 Å². The Labute approximate surface area is 115 Å². The Morgan fingerprint density at radius 3 is 2.79 bits per heavy atom. The monoisotopic (exact) mass is 261 g/mol. The zero-order valence-corrected chi connectivity index (χ0v) is 11.4. The van der Waals surface area contributed by atoms with Crippen LogP contribution in [0.2, 0.25) is 0 Å². The van der Waals surface area contributed by atoms with Gasteiger partial charge in [0, 0.05) is 18.7 Å². The first-order valence-electron chi connectivity index (χ1n) is 7.20. The topological polar surface area (TPSA) is 59.2 Å². The summed E-state index contributed by atoms with van der Waals surface area (Å²) in [6.07, 6.45) is 7.71. The number of hydrogen-bond acceptors (Lipinski definition) is 3. The second-order valence-electron chi connectivity index (χ2n) is 5.17. The fourth-order valence-corrected chi connectivity index (χ4v) is 2.21. The summed E-state index contributed by atoms with van der Waals surface area (Å²) in [6, 6.07) is 6.31. The maximum atomic E-state index is 12.3. The summed E-state index contributed by atoms with van der Waals surface area (Å²) in [5, 5.41) is 0. The molecule has 0 bridgehead atoms. The summed E-state index contributed by atoms with van der Waals surface area (Å²) in [5.41, 5.74) is 6.44. The van der Waals surface area contributed by atoms with E-state index < -0.39 is 0 Å². The van der Waals surface area contributed by atoms with Crippen molar-refractivity contribution in [2.24, 2.45) is 5.73 Å². The molecular formula is C15H23N3O. The van der Waals surface area contributed by atoms with Crippen LogP contribution in [0.15, 0.2) is 24.4 Å². The Hall–Kier alpha value is -1.42. The number of hydrogen-bond donors (Lipinski definition) is 1. The predicted octanol–water partition coefficient (Wildman–Crippen LogP) is 2.09. The van der Waals surface area contributed by atoms with Gasteiger partial charge in [-0.25, -0.2) is 0 Å². The zero-order chi connectivity index (χ0) is 13.5. The van der Waals surface area contributed by atoms with Gasteiger partial charge in [-0.3, -0.25) is 9.78 Å². The van der Waals surface area contributed by atoms with Crippen molar-refractivity contribution in [3.63, 3.8) is 0 Å². The molecule has 1 aromatic rings. The van der Waals surface area contributed by atoms with Crippen LogP contribution in [0.4, 0.5) is 0 Å². The van der Waals surface area contributed by atoms with Gasteiger partial charge in [0.2, 0.25) is 5.91 Å². The number of nitrogens with two attached hydrogens (primary N) is 1. The lowest BCUT2D eigenvalue weighted by atomic mass is 10.1. The fraction of sp³-hybridized carbons (Fsp3) is 0.600. The van der Waals surface area contributed by atoms with Gasteiger partial charge in [0.15, 0.2) is 0 Å². The summed E-state index contributed by atoms with van der Waals surface area (Å²) in [4.78, 5) is 18.6. The van der Waals surface area contributed by atoms with Crippen molar-refractivity contribution in [2.45, 2.75) is 51.1 Å². The number of nitrogens with zero attached hydrogens (tertiary/aromatic N) is 2. The van der Waals surface area contributed by atoms with Crippen LogP contribution in [0.1, 0.15) is 44.2 Å². The highest BCUT2D eigenvalue weighted by molar-refractivity contribution is 5.76. The predicted molar refractivity (Wildman–Crippen MR) is 75.3 cm³/mol. The van der Waals surface area contributed by atoms with Gasteiger partial charge in [0.25, 0.3) is 0 Å². The van der Waals surface area contributed by atoms with Gasteiger partial charge in [-0.05, 0) is 44.4 Å². The van der Waals surface area contributed by atoms with E-state index in [9.17, 15) is 4.79 Å². The summed E-state index contributed by atoms with van der Waals surface area (Å²) >= 11 is 0. The molecule has 0 spiro atoms. The summed E-state index contributed by atoms with van der Waals surface area (Å²) in [7, 11) is 0. The highest BCUT2D eigenvalue weighted by Crippen LogP contribution is 2.29. The van der Waals surface area contributed by atoms with Crippen molar-refractivity contribution in [3.05, 3.63) is 30.1 Å². The smallest absolute Gasteiger partial charge is 0.223 e. The Kier molecular flexibility index (Phi) is 5.33. The first-order valence-corrected chi connectivity index (χ1v) is 7.20. The largest absolute Gasteiger partial charge is 0.334 e. The zero-order valence-electron chi connectivity index (χ0n) is 11.4. The molecule has 0 atom stereocenters. The van der Waals surface area contributed by atoms with Crippen LogP contribution >= 0.6 is 0 Å². The molecule has 2 N–H and O–H groups in total. The van der Waals surface area contributed by atoms with Crippen molar-refractivity contribution in [1.29, 1.82) is 0 Å². The van der Waals surface area contributed by atoms with E-state index in [0.717, 1.165) is 37.8 Å². The van der Waals surface area contributed by atoms with Crippen LogP contribution in [0.25, 0.3) is 0 Å². The molecule has 1 saturated carbocycles. The van der Waals surface area contributed by atoms with E-state index in [-0.39, 0.29) is 5.91 Å². The number of pyridine rings is 1. The Morgan fingerprint density at radius 2 is 2.16 bits per heavy atom. The van der Waals surface area contributed by atoms with Crippen LogP contribution in [-0.2, 0) is 11.3 Å². The molecule has 1 heterocycles. The molecule has 1 aliphatic rings. The lowest BCUT2D eigenvalue weighted by Crippen LogP contribution is -2.32. The normalized spacial score (nSPS) is 14.4. The minimum absolute atomic E-state index is 0.269. The molecule has 104 valence electrons. The van der Waals surface area contributed by atoms with Crippen molar-refractivity contribution in [3.8, 4) is 0 Å². The van der Waals surface area contributed by atoms with Gasteiger partial charge >= 0.3 is 0 Å². The summed E-state index contributed by atoms with van der Waals surface area (Å²) in [6.45, 7) is 1.37. The van der Waals surface area contributed by atoms with E-state index in [1.807, 2.05) is 23.1 Å². The minimum Gasteiger partial charge on any atom is -0.334 e. The van der Waals surface area contributed by atoms with E-state index in [4.69, 9.17) is 5.73 Å². The minimum atomic E-state index is 0.269. The average Bonchev–Trinajstić information content (AvgIpc) is 3.26. The molecule has 0 saturated heterocycles. The average molecular weight is 261 g/mol. The highest BCUT2D eigenvalue weighted by atomic mass is 16.2. The first-order chi connectivity index (χ1) is 9.31. The van der Waals surface area contributed by atoms with E-state index in [2.05, 4.69) is 4.98 Å². The second-order valence-corrected chi connectivity index (χ2v) is 5.17. The SMILES string of the molecule is NCCCCCC(=O)N(Cc1ccccn1)C1CC1. The molecule has 1 aliphatic carbocycles. The number of amides is 1.